The van der Waals surface area contributed by atoms with Crippen LogP contribution in [0.5, 0.6) is 0 Å². The maximum atomic E-state index is 12.2. The molecule has 0 aromatic carbocycles. The topological polar surface area (TPSA) is 26.3 Å². The normalized spacial score (nSPS) is 23.9. The largest absolute Gasteiger partial charge is 0.490 e. The molecule has 0 N–H and O–H groups in total. The number of carbonyl (C=O) groups is 1. The number of thioether (sulfide) groups is 1. The van der Waals surface area contributed by atoms with E-state index in [2.05, 4.69) is 13.8 Å². The molecule has 0 aromatic heterocycles. The van der Waals surface area contributed by atoms with Gasteiger partial charge in [0.05, 0.1) is 11.9 Å². The second-order valence-corrected chi connectivity index (χ2v) is 6.77. The van der Waals surface area contributed by atoms with Gasteiger partial charge in [0, 0.05) is 5.57 Å². The zero-order chi connectivity index (χ0) is 13.6. The lowest BCUT2D eigenvalue weighted by atomic mass is 9.94. The highest BCUT2D eigenvalue weighted by atomic mass is 32.2. The Hall–Kier alpha value is -0.440. The first-order chi connectivity index (χ1) is 8.55. The third-order valence-corrected chi connectivity index (χ3v) is 5.14. The van der Waals surface area contributed by atoms with E-state index in [1.807, 2.05) is 6.92 Å². The first-order valence-electron chi connectivity index (χ1n) is 7.04. The molecule has 104 valence electrons. The van der Waals surface area contributed by atoms with Gasteiger partial charge in [-0.05, 0) is 20.3 Å². The zero-order valence-electron chi connectivity index (χ0n) is 12.2. The fourth-order valence-electron chi connectivity index (χ4n) is 2.42. The van der Waals surface area contributed by atoms with Gasteiger partial charge in [-0.2, -0.15) is 0 Å². The van der Waals surface area contributed by atoms with E-state index < -0.39 is 0 Å². The van der Waals surface area contributed by atoms with Crippen LogP contribution in [0.4, 0.5) is 0 Å². The number of Topliss-reactive ketones (excluding diaryl/α,β-unsaturated/α-hetero) is 1. The Balaban J connectivity index is 2.33. The zero-order valence-corrected chi connectivity index (χ0v) is 13.0. The van der Waals surface area contributed by atoms with Crippen molar-refractivity contribution in [2.45, 2.75) is 70.5 Å². The molecule has 0 spiro atoms. The van der Waals surface area contributed by atoms with E-state index in [1.165, 1.54) is 32.1 Å². The molecule has 0 fully saturated rings. The van der Waals surface area contributed by atoms with Crippen molar-refractivity contribution >= 4 is 17.5 Å². The van der Waals surface area contributed by atoms with Crippen LogP contribution in [0.3, 0.4) is 0 Å². The quantitative estimate of drug-likeness (QED) is 0.599. The van der Waals surface area contributed by atoms with Gasteiger partial charge in [-0.15, -0.1) is 0 Å². The monoisotopic (exact) mass is 270 g/mol. The average molecular weight is 270 g/mol. The van der Waals surface area contributed by atoms with E-state index in [4.69, 9.17) is 4.74 Å². The minimum atomic E-state index is -0.278. The molecule has 1 aliphatic heterocycles. The van der Waals surface area contributed by atoms with Gasteiger partial charge < -0.3 is 4.74 Å². The highest BCUT2D eigenvalue weighted by Gasteiger charge is 2.42. The van der Waals surface area contributed by atoms with E-state index >= 15 is 0 Å². The Labute approximate surface area is 116 Å². The average Bonchev–Trinajstić information content (AvgIpc) is 2.58. The lowest BCUT2D eigenvalue weighted by Crippen LogP contribution is -2.28. The first kappa shape index (κ1) is 15.6. The molecule has 0 bridgehead atoms. The fraction of sp³-hybridized carbons (Fsp3) is 0.800. The van der Waals surface area contributed by atoms with E-state index in [9.17, 15) is 4.79 Å². The number of hydrogen-bond acceptors (Lipinski definition) is 3. The summed E-state index contributed by atoms with van der Waals surface area (Å²) in [5.74, 6) is 0.262. The Morgan fingerprint density at radius 1 is 1.17 bits per heavy atom. The van der Waals surface area contributed by atoms with Gasteiger partial charge in [-0.25, -0.2) is 0 Å². The molecule has 0 saturated heterocycles. The summed E-state index contributed by atoms with van der Waals surface area (Å²) in [6.07, 6.45) is 8.59. The van der Waals surface area contributed by atoms with Crippen LogP contribution in [0.2, 0.25) is 0 Å². The van der Waals surface area contributed by atoms with Crippen molar-refractivity contribution in [1.29, 1.82) is 0 Å². The summed E-state index contributed by atoms with van der Waals surface area (Å²) in [5, 5.41) is 0.813. The third kappa shape index (κ3) is 3.78. The molecule has 18 heavy (non-hydrogen) atoms. The molecule has 1 rings (SSSR count). The van der Waals surface area contributed by atoms with Crippen molar-refractivity contribution in [2.75, 3.05) is 7.11 Å². The Morgan fingerprint density at radius 2 is 1.78 bits per heavy atom. The first-order valence-corrected chi connectivity index (χ1v) is 7.85. The molecule has 1 atom stereocenters. The van der Waals surface area contributed by atoms with Crippen molar-refractivity contribution in [3.8, 4) is 0 Å². The van der Waals surface area contributed by atoms with Crippen LogP contribution >= 0.6 is 11.8 Å². The molecule has 0 aliphatic carbocycles. The van der Waals surface area contributed by atoms with Crippen LogP contribution in [-0.4, -0.2) is 17.6 Å². The predicted molar refractivity (Wildman–Crippen MR) is 78.7 cm³/mol. The molecule has 2 nitrogen and oxygen atoms in total. The number of allylic oxidation sites excluding steroid dienone is 1. The maximum absolute atomic E-state index is 12.2. The molecule has 3 heteroatoms. The van der Waals surface area contributed by atoms with Crippen LogP contribution in [-0.2, 0) is 9.53 Å². The highest BCUT2D eigenvalue weighted by molar-refractivity contribution is 8.05. The van der Waals surface area contributed by atoms with Crippen molar-refractivity contribution in [3.63, 3.8) is 0 Å². The molecule has 0 radical (unpaired) electrons. The predicted octanol–water partition coefficient (Wildman–Crippen LogP) is 4.69. The van der Waals surface area contributed by atoms with Gasteiger partial charge in [0.15, 0.2) is 10.9 Å². The van der Waals surface area contributed by atoms with E-state index in [0.717, 1.165) is 23.5 Å². The molecule has 1 aliphatic rings. The van der Waals surface area contributed by atoms with E-state index in [0.29, 0.717) is 0 Å². The maximum Gasteiger partial charge on any atom is 0.179 e. The van der Waals surface area contributed by atoms with Crippen molar-refractivity contribution in [2.24, 2.45) is 0 Å². The summed E-state index contributed by atoms with van der Waals surface area (Å²) in [6, 6.07) is 0. The van der Waals surface area contributed by atoms with Gasteiger partial charge in [-0.3, -0.25) is 4.79 Å². The lowest BCUT2D eigenvalue weighted by molar-refractivity contribution is -0.117. The van der Waals surface area contributed by atoms with Crippen molar-refractivity contribution in [1.82, 2.24) is 0 Å². The second kappa shape index (κ2) is 7.22. The summed E-state index contributed by atoms with van der Waals surface area (Å²) in [5.41, 5.74) is 0.802. The number of ketones is 1. The van der Waals surface area contributed by atoms with Gasteiger partial charge in [0.25, 0.3) is 0 Å². The summed E-state index contributed by atoms with van der Waals surface area (Å²) in [7, 11) is 1.65. The minimum absolute atomic E-state index is 0.262. The summed E-state index contributed by atoms with van der Waals surface area (Å²) < 4.78 is 4.99. The van der Waals surface area contributed by atoms with E-state index in [1.54, 1.807) is 18.9 Å². The molecule has 0 aromatic rings. The van der Waals surface area contributed by atoms with Gasteiger partial charge in [0.1, 0.15) is 0 Å². The number of methoxy groups -OCH3 is 1. The van der Waals surface area contributed by atoms with Crippen molar-refractivity contribution in [3.05, 3.63) is 10.7 Å². The molecular weight excluding hydrogens is 244 g/mol. The van der Waals surface area contributed by atoms with Crippen LogP contribution < -0.4 is 0 Å². The molecule has 1 heterocycles. The molecular formula is C15H26O2S. The Morgan fingerprint density at radius 3 is 2.33 bits per heavy atom. The van der Waals surface area contributed by atoms with Crippen LogP contribution in [0.15, 0.2) is 10.7 Å². The number of rotatable bonds is 8. The summed E-state index contributed by atoms with van der Waals surface area (Å²) in [6.45, 7) is 6.16. The number of hydrogen-bond donors (Lipinski definition) is 0. The number of carbonyl (C=O) groups excluding carboxylic acids is 1. The third-order valence-electron chi connectivity index (χ3n) is 3.64. The summed E-state index contributed by atoms with van der Waals surface area (Å²) >= 11 is 1.61. The van der Waals surface area contributed by atoms with Crippen LogP contribution in [0.1, 0.15) is 65.7 Å². The van der Waals surface area contributed by atoms with E-state index in [-0.39, 0.29) is 10.5 Å². The molecule has 0 saturated carbocycles. The minimum Gasteiger partial charge on any atom is -0.490 e. The second-order valence-electron chi connectivity index (χ2n) is 5.30. The highest BCUT2D eigenvalue weighted by Crippen LogP contribution is 2.46. The van der Waals surface area contributed by atoms with Gasteiger partial charge >= 0.3 is 0 Å². The fourth-order valence-corrected chi connectivity index (χ4v) is 3.65. The van der Waals surface area contributed by atoms with Crippen LogP contribution in [0.25, 0.3) is 0 Å². The summed E-state index contributed by atoms with van der Waals surface area (Å²) in [4.78, 5) is 12.2. The standard InChI is InChI=1S/C15H26O2S/c1-5-6-7-8-9-10-11-15(3)13(16)12(2)14(17-4)18-15/h5-11H2,1-4H3. The number of unbranched alkanes of at least 4 members (excludes halogenated alkanes) is 5. The smallest absolute Gasteiger partial charge is 0.179 e. The number of ether oxygens (including phenoxy) is 1. The lowest BCUT2D eigenvalue weighted by Gasteiger charge is -2.21. The molecule has 0 amide bonds. The molecule has 1 unspecified atom stereocenters. The van der Waals surface area contributed by atoms with Gasteiger partial charge in [-0.1, -0.05) is 57.2 Å². The Bertz CT molecular complexity index is 322. The van der Waals surface area contributed by atoms with Crippen LogP contribution in [0, 0.1) is 0 Å². The Kier molecular flexibility index (Phi) is 6.27. The SMILES string of the molecule is CCCCCCCCC1(C)SC(OC)=C(C)C1=O. The van der Waals surface area contributed by atoms with Gasteiger partial charge in [0.2, 0.25) is 0 Å². The van der Waals surface area contributed by atoms with Crippen molar-refractivity contribution < 1.29 is 9.53 Å².